The van der Waals surface area contributed by atoms with Crippen molar-refractivity contribution in [1.29, 1.82) is 0 Å². The average Bonchev–Trinajstić information content (AvgIpc) is 2.56. The van der Waals surface area contributed by atoms with Gasteiger partial charge in [-0.05, 0) is 36.5 Å². The summed E-state index contributed by atoms with van der Waals surface area (Å²) in [7, 11) is 0. The molecule has 2 heteroatoms. The number of allylic oxidation sites excluding steroid dienone is 1. The molecule has 0 N–H and O–H groups in total. The molecule has 0 aliphatic heterocycles. The largest absolute Gasteiger partial charge is 0.514 e. The van der Waals surface area contributed by atoms with Gasteiger partial charge in [0.15, 0.2) is 0 Å². The van der Waals surface area contributed by atoms with Crippen molar-refractivity contribution < 1.29 is 37.5 Å². The van der Waals surface area contributed by atoms with Gasteiger partial charge < -0.3 is 11.4 Å². The summed E-state index contributed by atoms with van der Waals surface area (Å²) in [6.45, 7) is 10.6. The van der Waals surface area contributed by atoms with E-state index in [2.05, 4.69) is 13.8 Å². The van der Waals surface area contributed by atoms with E-state index in [1.165, 1.54) is 31.3 Å². The molecular formula is C14H21OY-. The Morgan fingerprint density at radius 2 is 2.19 bits per heavy atom. The Kier molecular flexibility index (Phi) is 4.95. The first-order chi connectivity index (χ1) is 7.09. The number of carbonyl (C=O) groups is 1. The fraction of sp³-hybridized carbons (Fsp3) is 0.786. The summed E-state index contributed by atoms with van der Waals surface area (Å²) in [6.07, 6.45) is 7.07. The maximum atomic E-state index is 11.0. The summed E-state index contributed by atoms with van der Waals surface area (Å²) in [5.41, 5.74) is 1.51. The quantitative estimate of drug-likeness (QED) is 0.563. The summed E-state index contributed by atoms with van der Waals surface area (Å²) in [5.74, 6) is 1.34. The van der Waals surface area contributed by atoms with Crippen molar-refractivity contribution in [2.24, 2.45) is 23.2 Å². The molecule has 0 aromatic rings. The Morgan fingerprint density at radius 1 is 1.50 bits per heavy atom. The second kappa shape index (κ2) is 5.44. The minimum atomic E-state index is 0. The minimum absolute atomic E-state index is 0. The van der Waals surface area contributed by atoms with Crippen LogP contribution in [0.5, 0.6) is 0 Å². The van der Waals surface area contributed by atoms with Crippen LogP contribution in [0.15, 0.2) is 5.57 Å². The van der Waals surface area contributed by atoms with Crippen LogP contribution in [0.1, 0.15) is 46.0 Å². The van der Waals surface area contributed by atoms with E-state index in [1.54, 1.807) is 0 Å². The number of hydrogen-bond donors (Lipinski definition) is 0. The molecule has 0 spiro atoms. The van der Waals surface area contributed by atoms with Gasteiger partial charge in [0.2, 0.25) is 0 Å². The summed E-state index contributed by atoms with van der Waals surface area (Å²) in [5, 5.41) is 0. The molecule has 0 aromatic carbocycles. The van der Waals surface area contributed by atoms with Gasteiger partial charge in [-0.15, -0.1) is 0 Å². The molecule has 2 aliphatic carbocycles. The predicted molar refractivity (Wildman–Crippen MR) is 61.2 cm³/mol. The average molecular weight is 294 g/mol. The summed E-state index contributed by atoms with van der Waals surface area (Å²) < 4.78 is 0. The first-order valence-electron chi connectivity index (χ1n) is 6.16. The fourth-order valence-electron chi connectivity index (χ4n) is 4.04. The molecule has 2 rings (SSSR count). The van der Waals surface area contributed by atoms with Crippen LogP contribution in [0, 0.1) is 29.7 Å². The van der Waals surface area contributed by atoms with E-state index in [-0.39, 0.29) is 38.6 Å². The van der Waals surface area contributed by atoms with Crippen LogP contribution < -0.4 is 0 Å². The van der Waals surface area contributed by atoms with Crippen LogP contribution in [0.4, 0.5) is 0 Å². The van der Waals surface area contributed by atoms with E-state index in [9.17, 15) is 4.79 Å². The van der Waals surface area contributed by atoms with Crippen molar-refractivity contribution >= 4 is 6.29 Å². The van der Waals surface area contributed by atoms with Crippen molar-refractivity contribution in [3.63, 3.8) is 0 Å². The Bertz CT molecular complexity index is 286. The molecule has 0 amide bonds. The van der Waals surface area contributed by atoms with E-state index < -0.39 is 0 Å². The standard InChI is InChI=1S/C14H21O.Y/c1-10-5-4-8-14(3)12(10)6-7-13(14)11(2)9-15;/h1,9,11-13H,4-8H2,2-3H3;/q-1;/t11-,12?,13+,14-;/m0./s1. The van der Waals surface area contributed by atoms with E-state index in [4.69, 9.17) is 6.58 Å². The van der Waals surface area contributed by atoms with E-state index in [1.807, 2.05) is 0 Å². The Balaban J connectivity index is 0.00000128. The third-order valence-electron chi connectivity index (χ3n) is 4.89. The SMILES string of the molecule is [CH-]=C1CCC[C@@]2(C)C1CC[C@@H]2[C@@H](C)C=O.[Y]. The first-order valence-corrected chi connectivity index (χ1v) is 6.16. The van der Waals surface area contributed by atoms with Gasteiger partial charge in [-0.2, -0.15) is 0 Å². The molecule has 1 unspecified atom stereocenters. The molecule has 4 atom stereocenters. The van der Waals surface area contributed by atoms with Crippen molar-refractivity contribution in [3.05, 3.63) is 12.2 Å². The third kappa shape index (κ3) is 2.23. The molecular weight excluding hydrogens is 273 g/mol. The molecule has 1 radical (unpaired) electrons. The van der Waals surface area contributed by atoms with Gasteiger partial charge in [-0.1, -0.05) is 26.7 Å². The molecule has 16 heavy (non-hydrogen) atoms. The molecule has 0 aromatic heterocycles. The number of hydrogen-bond acceptors (Lipinski definition) is 1. The zero-order valence-corrected chi connectivity index (χ0v) is 13.2. The van der Waals surface area contributed by atoms with E-state index in [0.717, 1.165) is 12.7 Å². The maximum Gasteiger partial charge on any atom is 0.123 e. The molecule has 2 saturated carbocycles. The Labute approximate surface area is 124 Å². The van der Waals surface area contributed by atoms with Gasteiger partial charge in [0.25, 0.3) is 0 Å². The normalized spacial score (nSPS) is 39.8. The van der Waals surface area contributed by atoms with Gasteiger partial charge in [-0.25, -0.2) is 0 Å². The molecule has 1 nitrogen and oxygen atoms in total. The molecule has 0 bridgehead atoms. The minimum Gasteiger partial charge on any atom is -0.514 e. The topological polar surface area (TPSA) is 17.1 Å². The Morgan fingerprint density at radius 3 is 2.81 bits per heavy atom. The fourth-order valence-corrected chi connectivity index (χ4v) is 4.04. The van der Waals surface area contributed by atoms with E-state index >= 15 is 0 Å². The van der Waals surface area contributed by atoms with Gasteiger partial charge >= 0.3 is 0 Å². The number of rotatable bonds is 2. The van der Waals surface area contributed by atoms with Gasteiger partial charge in [0.05, 0.1) is 0 Å². The van der Waals surface area contributed by atoms with Crippen LogP contribution in [-0.2, 0) is 37.5 Å². The van der Waals surface area contributed by atoms with Crippen molar-refractivity contribution in [3.8, 4) is 0 Å². The first kappa shape index (κ1) is 14.6. The van der Waals surface area contributed by atoms with Crippen molar-refractivity contribution in [2.75, 3.05) is 0 Å². The number of aldehydes is 1. The van der Waals surface area contributed by atoms with Crippen molar-refractivity contribution in [2.45, 2.75) is 46.0 Å². The molecule has 2 fully saturated rings. The summed E-state index contributed by atoms with van der Waals surface area (Å²) in [4.78, 5) is 11.0. The molecule has 0 saturated heterocycles. The smallest absolute Gasteiger partial charge is 0.123 e. The van der Waals surface area contributed by atoms with Crippen LogP contribution in [0.2, 0.25) is 0 Å². The Hall–Kier alpha value is 0.514. The number of carbonyl (C=O) groups excluding carboxylic acids is 1. The second-order valence-corrected chi connectivity index (χ2v) is 5.67. The monoisotopic (exact) mass is 294 g/mol. The zero-order valence-electron chi connectivity index (χ0n) is 10.4. The zero-order chi connectivity index (χ0) is 11.1. The summed E-state index contributed by atoms with van der Waals surface area (Å²) in [6, 6.07) is 0. The van der Waals surface area contributed by atoms with Crippen LogP contribution in [0.25, 0.3) is 0 Å². The summed E-state index contributed by atoms with van der Waals surface area (Å²) >= 11 is 0. The van der Waals surface area contributed by atoms with Gasteiger partial charge in [0.1, 0.15) is 6.29 Å². The predicted octanol–water partition coefficient (Wildman–Crippen LogP) is 3.39. The third-order valence-corrected chi connectivity index (χ3v) is 4.89. The molecule has 0 heterocycles. The van der Waals surface area contributed by atoms with E-state index in [0.29, 0.717) is 17.3 Å². The van der Waals surface area contributed by atoms with Crippen LogP contribution >= 0.6 is 0 Å². The second-order valence-electron chi connectivity index (χ2n) is 5.67. The van der Waals surface area contributed by atoms with Gasteiger partial charge in [0, 0.05) is 38.6 Å². The van der Waals surface area contributed by atoms with Crippen LogP contribution in [-0.4, -0.2) is 6.29 Å². The molecule has 2 aliphatic rings. The maximum absolute atomic E-state index is 11.0. The van der Waals surface area contributed by atoms with Crippen molar-refractivity contribution in [1.82, 2.24) is 0 Å². The molecule has 87 valence electrons. The number of fused-ring (bicyclic) bond motifs is 1. The van der Waals surface area contributed by atoms with Crippen LogP contribution in [0.3, 0.4) is 0 Å². The van der Waals surface area contributed by atoms with Gasteiger partial charge in [-0.3, -0.25) is 5.57 Å².